The Bertz CT molecular complexity index is 620. The number of hydrogen-bond acceptors (Lipinski definition) is 3. The SMILES string of the molecule is CN=C(NCCc1ccc(F)cc1)NCCS(=O)(=O)C(C)(C)C. The van der Waals surface area contributed by atoms with Crippen LogP contribution in [0, 0.1) is 5.82 Å². The molecular formula is C16H26FN3O2S. The number of hydrogen-bond donors (Lipinski definition) is 2. The molecule has 0 saturated heterocycles. The van der Waals surface area contributed by atoms with Gasteiger partial charge in [0.25, 0.3) is 0 Å². The van der Waals surface area contributed by atoms with Gasteiger partial charge in [-0.1, -0.05) is 12.1 Å². The van der Waals surface area contributed by atoms with Gasteiger partial charge in [-0.25, -0.2) is 12.8 Å². The highest BCUT2D eigenvalue weighted by molar-refractivity contribution is 7.92. The lowest BCUT2D eigenvalue weighted by molar-refractivity contribution is 0.559. The number of nitrogens with one attached hydrogen (secondary N) is 2. The van der Waals surface area contributed by atoms with Crippen molar-refractivity contribution >= 4 is 15.8 Å². The normalized spacial score (nSPS) is 13.0. The highest BCUT2D eigenvalue weighted by Crippen LogP contribution is 2.15. The Morgan fingerprint density at radius 3 is 2.22 bits per heavy atom. The van der Waals surface area contributed by atoms with Crippen LogP contribution >= 0.6 is 0 Å². The van der Waals surface area contributed by atoms with E-state index < -0.39 is 14.6 Å². The molecule has 0 spiro atoms. The van der Waals surface area contributed by atoms with Crippen LogP contribution in [-0.4, -0.2) is 45.0 Å². The zero-order valence-corrected chi connectivity index (χ0v) is 15.0. The molecule has 130 valence electrons. The summed E-state index contributed by atoms with van der Waals surface area (Å²) >= 11 is 0. The minimum Gasteiger partial charge on any atom is -0.356 e. The number of halogens is 1. The minimum absolute atomic E-state index is 0.0508. The molecule has 5 nitrogen and oxygen atoms in total. The monoisotopic (exact) mass is 343 g/mol. The predicted molar refractivity (Wildman–Crippen MR) is 93.0 cm³/mol. The third-order valence-corrected chi connectivity index (χ3v) is 6.05. The molecule has 0 amide bonds. The summed E-state index contributed by atoms with van der Waals surface area (Å²) in [7, 11) is -1.52. The van der Waals surface area contributed by atoms with Crippen LogP contribution in [0.3, 0.4) is 0 Å². The van der Waals surface area contributed by atoms with Gasteiger partial charge in [0, 0.05) is 20.1 Å². The molecule has 0 bridgehead atoms. The molecule has 0 saturated carbocycles. The first-order chi connectivity index (χ1) is 10.7. The van der Waals surface area contributed by atoms with Crippen LogP contribution in [0.2, 0.25) is 0 Å². The van der Waals surface area contributed by atoms with Crippen molar-refractivity contribution in [1.82, 2.24) is 10.6 Å². The van der Waals surface area contributed by atoms with E-state index in [2.05, 4.69) is 15.6 Å². The van der Waals surface area contributed by atoms with E-state index in [-0.39, 0.29) is 11.6 Å². The average molecular weight is 343 g/mol. The van der Waals surface area contributed by atoms with E-state index >= 15 is 0 Å². The van der Waals surface area contributed by atoms with Crippen molar-refractivity contribution in [2.75, 3.05) is 25.9 Å². The molecule has 1 aromatic rings. The minimum atomic E-state index is -3.15. The molecule has 0 atom stereocenters. The average Bonchev–Trinajstić information content (AvgIpc) is 2.46. The predicted octanol–water partition coefficient (Wildman–Crippen LogP) is 1.75. The largest absolute Gasteiger partial charge is 0.356 e. The van der Waals surface area contributed by atoms with Gasteiger partial charge in [-0.05, 0) is 44.9 Å². The highest BCUT2D eigenvalue weighted by Gasteiger charge is 2.28. The van der Waals surface area contributed by atoms with Crippen LogP contribution < -0.4 is 10.6 Å². The Kier molecular flexibility index (Phi) is 7.00. The standard InChI is InChI=1S/C16H26FN3O2S/c1-16(2,3)23(21,22)12-11-20-15(18-4)19-10-9-13-5-7-14(17)8-6-13/h5-8H,9-12H2,1-4H3,(H2,18,19,20). The van der Waals surface area contributed by atoms with Crippen molar-refractivity contribution in [2.45, 2.75) is 31.9 Å². The van der Waals surface area contributed by atoms with Crippen LogP contribution in [0.4, 0.5) is 4.39 Å². The molecule has 0 heterocycles. The van der Waals surface area contributed by atoms with E-state index in [1.54, 1.807) is 40.0 Å². The second-order valence-corrected chi connectivity index (χ2v) is 9.10. The van der Waals surface area contributed by atoms with Gasteiger partial charge in [0.1, 0.15) is 5.82 Å². The Labute approximate surface area is 138 Å². The number of rotatable bonds is 6. The zero-order chi connectivity index (χ0) is 17.5. The summed E-state index contributed by atoms with van der Waals surface area (Å²) in [6, 6.07) is 6.34. The van der Waals surface area contributed by atoms with Crippen molar-refractivity contribution in [1.29, 1.82) is 0 Å². The molecule has 0 aromatic heterocycles. The van der Waals surface area contributed by atoms with Gasteiger partial charge in [0.05, 0.1) is 10.5 Å². The maximum Gasteiger partial charge on any atom is 0.191 e. The number of aliphatic imine (C=N–C) groups is 1. The van der Waals surface area contributed by atoms with Gasteiger partial charge in [-0.3, -0.25) is 4.99 Å². The third-order valence-electron chi connectivity index (χ3n) is 3.44. The van der Waals surface area contributed by atoms with Gasteiger partial charge in [0.2, 0.25) is 0 Å². The van der Waals surface area contributed by atoms with E-state index in [0.29, 0.717) is 19.0 Å². The van der Waals surface area contributed by atoms with Gasteiger partial charge < -0.3 is 10.6 Å². The summed E-state index contributed by atoms with van der Waals surface area (Å²) in [5.41, 5.74) is 1.02. The molecule has 1 rings (SSSR count). The summed E-state index contributed by atoms with van der Waals surface area (Å²) in [5, 5.41) is 6.10. The van der Waals surface area contributed by atoms with E-state index in [1.165, 1.54) is 12.1 Å². The number of guanidine groups is 1. The Morgan fingerprint density at radius 2 is 1.70 bits per heavy atom. The van der Waals surface area contributed by atoms with Gasteiger partial charge in [0.15, 0.2) is 15.8 Å². The van der Waals surface area contributed by atoms with E-state index in [0.717, 1.165) is 12.0 Å². The van der Waals surface area contributed by atoms with E-state index in [9.17, 15) is 12.8 Å². The van der Waals surface area contributed by atoms with Crippen molar-refractivity contribution < 1.29 is 12.8 Å². The molecule has 7 heteroatoms. The highest BCUT2D eigenvalue weighted by atomic mass is 32.2. The van der Waals surface area contributed by atoms with Crippen molar-refractivity contribution in [3.8, 4) is 0 Å². The lowest BCUT2D eigenvalue weighted by Gasteiger charge is -2.19. The van der Waals surface area contributed by atoms with Crippen LogP contribution in [0.25, 0.3) is 0 Å². The van der Waals surface area contributed by atoms with Crippen LogP contribution in [0.5, 0.6) is 0 Å². The molecule has 0 unspecified atom stereocenters. The maximum atomic E-state index is 12.8. The zero-order valence-electron chi connectivity index (χ0n) is 14.2. The van der Waals surface area contributed by atoms with Crippen LogP contribution in [0.1, 0.15) is 26.3 Å². The second kappa shape index (κ2) is 8.29. The third kappa shape index (κ3) is 6.56. The quantitative estimate of drug-likeness (QED) is 0.610. The summed E-state index contributed by atoms with van der Waals surface area (Å²) in [6.45, 7) is 6.00. The summed E-state index contributed by atoms with van der Waals surface area (Å²) in [4.78, 5) is 4.05. The molecule has 0 aliphatic carbocycles. The fraction of sp³-hybridized carbons (Fsp3) is 0.562. The van der Waals surface area contributed by atoms with Crippen molar-refractivity contribution in [3.63, 3.8) is 0 Å². The number of sulfone groups is 1. The van der Waals surface area contributed by atoms with Gasteiger partial charge in [-0.15, -0.1) is 0 Å². The molecule has 0 aliphatic rings. The number of benzene rings is 1. The van der Waals surface area contributed by atoms with Gasteiger partial charge >= 0.3 is 0 Å². The first kappa shape index (κ1) is 19.4. The molecule has 0 fully saturated rings. The smallest absolute Gasteiger partial charge is 0.191 e. The van der Waals surface area contributed by atoms with Crippen molar-refractivity contribution in [2.24, 2.45) is 4.99 Å². The first-order valence-electron chi connectivity index (χ1n) is 7.57. The first-order valence-corrected chi connectivity index (χ1v) is 9.22. The van der Waals surface area contributed by atoms with Crippen molar-refractivity contribution in [3.05, 3.63) is 35.6 Å². The second-order valence-electron chi connectivity index (χ2n) is 6.23. The van der Waals surface area contributed by atoms with E-state index in [1.807, 2.05) is 0 Å². The van der Waals surface area contributed by atoms with Crippen LogP contribution in [0.15, 0.2) is 29.3 Å². The fourth-order valence-electron chi connectivity index (χ4n) is 1.81. The van der Waals surface area contributed by atoms with E-state index in [4.69, 9.17) is 0 Å². The molecule has 1 aromatic carbocycles. The van der Waals surface area contributed by atoms with Gasteiger partial charge in [-0.2, -0.15) is 0 Å². The lowest BCUT2D eigenvalue weighted by atomic mass is 10.1. The topological polar surface area (TPSA) is 70.6 Å². The lowest BCUT2D eigenvalue weighted by Crippen LogP contribution is -2.42. The maximum absolute atomic E-state index is 12.8. The Balaban J connectivity index is 2.37. The summed E-state index contributed by atoms with van der Waals surface area (Å²) < 4.78 is 36.1. The molecule has 0 radical (unpaired) electrons. The molecule has 0 aliphatic heterocycles. The Morgan fingerprint density at radius 1 is 1.13 bits per heavy atom. The number of nitrogens with zero attached hydrogens (tertiary/aromatic N) is 1. The fourth-order valence-corrected chi connectivity index (χ4v) is 2.79. The molecule has 23 heavy (non-hydrogen) atoms. The summed E-state index contributed by atoms with van der Waals surface area (Å²) in [5.74, 6) is 0.352. The van der Waals surface area contributed by atoms with Crippen LogP contribution in [-0.2, 0) is 16.3 Å². The Hall–Kier alpha value is -1.63. The molecule has 2 N–H and O–H groups in total. The molecular weight excluding hydrogens is 317 g/mol. The summed E-state index contributed by atoms with van der Waals surface area (Å²) in [6.07, 6.45) is 0.723.